The molecule has 0 amide bonds. The zero-order valence-corrected chi connectivity index (χ0v) is 72.0. The third kappa shape index (κ3) is 27.4. The maximum atomic E-state index is 12.7. The van der Waals surface area contributed by atoms with Crippen LogP contribution in [0.4, 0.5) is 0 Å². The molecule has 0 saturated carbocycles. The van der Waals surface area contributed by atoms with E-state index in [1.807, 2.05) is 66.7 Å². The van der Waals surface area contributed by atoms with Gasteiger partial charge in [0.25, 0.3) is 0 Å². The van der Waals surface area contributed by atoms with Gasteiger partial charge in [-0.1, -0.05) is 155 Å². The van der Waals surface area contributed by atoms with Gasteiger partial charge in [0.15, 0.2) is 0 Å². The molecule has 2 aliphatic heterocycles. The van der Waals surface area contributed by atoms with Gasteiger partial charge in [-0.3, -0.25) is 47.9 Å². The largest absolute Gasteiger partial charge is 0.468 e. The molecule has 8 bridgehead atoms. The van der Waals surface area contributed by atoms with Gasteiger partial charge in [0, 0.05) is 81.5 Å². The van der Waals surface area contributed by atoms with Crippen molar-refractivity contribution < 1.29 is 119 Å². The van der Waals surface area contributed by atoms with Crippen LogP contribution < -0.4 is 0 Å². The second-order valence-corrected chi connectivity index (χ2v) is 28.5. The minimum Gasteiger partial charge on any atom is -0.468 e. The van der Waals surface area contributed by atoms with Crippen molar-refractivity contribution in [3.63, 3.8) is 0 Å². The van der Waals surface area contributed by atoms with Crippen molar-refractivity contribution in [2.45, 2.75) is 87.2 Å². The van der Waals surface area contributed by atoms with Crippen LogP contribution in [0.5, 0.6) is 0 Å². The first kappa shape index (κ1) is 98.2. The van der Waals surface area contributed by atoms with E-state index in [2.05, 4.69) is 143 Å². The molecule has 4 aromatic carbocycles. The van der Waals surface area contributed by atoms with Crippen LogP contribution in [0.2, 0.25) is 0 Å². The molecule has 3 aromatic heterocycles. The summed E-state index contributed by atoms with van der Waals surface area (Å²) in [5.41, 5.74) is 9.11. The molecule has 2 unspecified atom stereocenters. The minimum atomic E-state index is -1.85. The number of ether oxygens (including phenoxy) is 11. The van der Waals surface area contributed by atoms with Crippen LogP contribution >= 0.6 is 24.0 Å². The lowest BCUT2D eigenvalue weighted by molar-refractivity contribution is -0.177. The maximum Gasteiger partial charge on any atom is 0.330 e. The molecule has 29 nitrogen and oxygen atoms in total. The fraction of sp³-hybridized carbons (Fsp3) is 0.290. The molecule has 9 rings (SSSR count). The average Bonchev–Trinajstić information content (AvgIpc) is 1.62. The number of ketones is 3. The van der Waals surface area contributed by atoms with E-state index >= 15 is 0 Å². The summed E-state index contributed by atoms with van der Waals surface area (Å²) in [7, 11) is 2.10. The first-order chi connectivity index (χ1) is 58.3. The predicted molar refractivity (Wildman–Crippen MR) is 466 cm³/mol. The highest BCUT2D eigenvalue weighted by atomic mass is 127. The van der Waals surface area contributed by atoms with Gasteiger partial charge in [-0.15, -0.1) is 24.0 Å². The van der Waals surface area contributed by atoms with E-state index in [4.69, 9.17) is 52.6 Å². The maximum absolute atomic E-state index is 12.7. The number of H-pyrrole nitrogens is 2. The smallest absolute Gasteiger partial charge is 0.330 e. The molecule has 2 aliphatic rings. The van der Waals surface area contributed by atoms with E-state index in [0.29, 0.717) is 0 Å². The van der Waals surface area contributed by atoms with Gasteiger partial charge in [-0.2, -0.15) is 0 Å². The van der Waals surface area contributed by atoms with Crippen molar-refractivity contribution in [2.75, 3.05) is 67.1 Å². The summed E-state index contributed by atoms with van der Waals surface area (Å²) in [6.45, 7) is 18.2. The number of hydrogen-bond donors (Lipinski definition) is 2. The Bertz CT molecular complexity index is 5120. The Morgan fingerprint density at radius 3 is 0.878 bits per heavy atom. The van der Waals surface area contributed by atoms with Gasteiger partial charge >= 0.3 is 65.7 Å². The Kier molecular flexibility index (Phi) is 37.4. The summed E-state index contributed by atoms with van der Waals surface area (Å²) in [5, 5.41) is 0. The standard InChI is InChI=1S/C49H36N4O3.C27H40O14.C17H20O8.HI/c1-31(54)29-45(55)56-30-32-17-19-36(20-18-32)49-43-27-25-41(52-43)47(34-13-7-3-8-14-34)39-23-21-37(50-39)46(33-11-5-2-6-12-33)38-22-24-40(51-38)48(35-15-9-4-10-16-35)42-26-28-44(49)53-42;1-9-19(30)38-13-27(14-39-20(31)10-2,15-40-21(32)11-25(5,17(3)28)23(34)36-7)16-41-22(33)12-26(6,18(4)29)24(35)37-8;1-5-13(18)22-9-17(10-23-14(19)6-2,11-24-15(20)7-3)12-25-16(21)8-4;/h2-28,50,53H,29-30H2,1H3;9-16H2,1-8H3;5-8H,1-4,9-12H2;1H. The third-order valence-corrected chi connectivity index (χ3v) is 19.3. The van der Waals surface area contributed by atoms with Gasteiger partial charge in [-0.25, -0.2) is 29.1 Å². The lowest BCUT2D eigenvalue weighted by Crippen LogP contribution is -2.45. The molecule has 0 spiro atoms. The Labute approximate surface area is 727 Å². The molecule has 7 aromatic rings. The van der Waals surface area contributed by atoms with E-state index < -0.39 is 138 Å². The highest BCUT2D eigenvalue weighted by Crippen LogP contribution is 2.40. The second-order valence-electron chi connectivity index (χ2n) is 28.5. The molecule has 0 aliphatic carbocycles. The van der Waals surface area contributed by atoms with Gasteiger partial charge in [0.1, 0.15) is 105 Å². The molecule has 0 fully saturated rings. The van der Waals surface area contributed by atoms with Crippen LogP contribution in [-0.4, -0.2) is 170 Å². The SMILES string of the molecule is C=CC(=O)OCC(COC(=O)C=C)(COC(=O)C=C)COC(=O)C=C.CC(=O)CC(=O)OCc1ccc(-c2c3nc(c(-c4ccccc4)c4ccc([nH]4)c(-c4ccccc4)c4nc(c(-c5ccccc5)c5ccc2[nH]5)C=C4)C=C3)cc1.CCC(=O)OCC(COC(=O)CC)(COC(=O)CC(C)(C(C)=O)C(=O)OC)COC(=O)CC(C)(C(C)=O)C(=O)OC.I. The van der Waals surface area contributed by atoms with Gasteiger partial charge in [0.05, 0.1) is 49.8 Å². The Morgan fingerprint density at radius 2 is 0.626 bits per heavy atom. The number of methoxy groups -OCH3 is 2. The molecule has 2 N–H and O–H groups in total. The van der Waals surface area contributed by atoms with E-state index in [-0.39, 0.29) is 82.1 Å². The van der Waals surface area contributed by atoms with E-state index in [9.17, 15) is 67.1 Å². The number of halogens is 1. The van der Waals surface area contributed by atoms with Crippen molar-refractivity contribution >= 4 is 153 Å². The Morgan fingerprint density at radius 1 is 0.358 bits per heavy atom. The number of aromatic nitrogens is 4. The predicted octanol–water partition coefficient (Wildman–Crippen LogP) is 14.1. The number of rotatable bonds is 38. The van der Waals surface area contributed by atoms with E-state index in [0.717, 1.165) is 147 Å². The molecular weight excluding hydrogens is 1700 g/mol. The quantitative estimate of drug-likeness (QED) is 0.0119. The molecule has 5 heterocycles. The number of carbonyl (C=O) groups excluding carboxylic acids is 14. The van der Waals surface area contributed by atoms with E-state index in [1.165, 1.54) is 34.6 Å². The number of nitrogens with zero attached hydrogens (tertiary/aromatic N) is 2. The number of esters is 11. The molecule has 123 heavy (non-hydrogen) atoms. The molecule has 30 heteroatoms. The van der Waals surface area contributed by atoms with Crippen molar-refractivity contribution in [3.05, 3.63) is 218 Å². The van der Waals surface area contributed by atoms with Crippen molar-refractivity contribution in [2.24, 2.45) is 21.7 Å². The monoisotopic (exact) mass is 1800 g/mol. The van der Waals surface area contributed by atoms with Crippen LogP contribution in [-0.2, 0) is 126 Å². The van der Waals surface area contributed by atoms with Gasteiger partial charge < -0.3 is 62.1 Å². The molecule has 2 atom stereocenters. The number of hydrogen-bond acceptors (Lipinski definition) is 27. The summed E-state index contributed by atoms with van der Waals surface area (Å²) < 4.78 is 55.4. The number of carbonyl (C=O) groups is 14. The molecule has 0 saturated heterocycles. The van der Waals surface area contributed by atoms with Crippen molar-refractivity contribution in [3.8, 4) is 44.5 Å². The van der Waals surface area contributed by atoms with Crippen LogP contribution in [0.1, 0.15) is 109 Å². The first-order valence-electron chi connectivity index (χ1n) is 38.3. The van der Waals surface area contributed by atoms with Crippen LogP contribution in [0.15, 0.2) is 190 Å². The zero-order valence-electron chi connectivity index (χ0n) is 69.6. The highest BCUT2D eigenvalue weighted by Gasteiger charge is 2.46. The molecule has 0 radical (unpaired) electrons. The summed E-state index contributed by atoms with van der Waals surface area (Å²) in [6, 6.07) is 47.4. The number of nitrogens with one attached hydrogen (secondary N) is 2. The minimum absolute atomic E-state index is 0. The number of fused-ring (bicyclic) bond motifs is 8. The fourth-order valence-electron chi connectivity index (χ4n) is 12.0. The molecule has 646 valence electrons. The van der Waals surface area contributed by atoms with Gasteiger partial charge in [0.2, 0.25) is 0 Å². The van der Waals surface area contributed by atoms with Crippen molar-refractivity contribution in [1.29, 1.82) is 0 Å². The first-order valence-corrected chi connectivity index (χ1v) is 38.3. The lowest BCUT2D eigenvalue weighted by Gasteiger charge is -2.32. The zero-order chi connectivity index (χ0) is 89.3. The fourth-order valence-corrected chi connectivity index (χ4v) is 12.0. The summed E-state index contributed by atoms with van der Waals surface area (Å²) in [6.07, 6.45) is 10.3. The Hall–Kier alpha value is -13.7. The van der Waals surface area contributed by atoms with E-state index in [1.54, 1.807) is 0 Å². The Balaban J connectivity index is 0.000000309. The molecular formula is C93H97IN4O25. The summed E-state index contributed by atoms with van der Waals surface area (Å²) in [4.78, 5) is 185. The lowest BCUT2D eigenvalue weighted by atomic mass is 9.83. The average molecular weight is 1800 g/mol. The van der Waals surface area contributed by atoms with Crippen LogP contribution in [0, 0.1) is 21.7 Å². The van der Waals surface area contributed by atoms with Crippen LogP contribution in [0.25, 0.3) is 90.9 Å². The topological polar surface area (TPSA) is 398 Å². The normalized spacial score (nSPS) is 12.0. The number of benzene rings is 4. The van der Waals surface area contributed by atoms with Crippen molar-refractivity contribution in [1.82, 2.24) is 19.9 Å². The third-order valence-electron chi connectivity index (χ3n) is 19.3. The number of aromatic amines is 2. The van der Waals surface area contributed by atoms with Crippen LogP contribution in [0.3, 0.4) is 0 Å². The highest BCUT2D eigenvalue weighted by molar-refractivity contribution is 14.0. The second kappa shape index (κ2) is 46.8. The van der Waals surface area contributed by atoms with Gasteiger partial charge in [-0.05, 0) is 111 Å². The summed E-state index contributed by atoms with van der Waals surface area (Å²) >= 11 is 0. The summed E-state index contributed by atoms with van der Waals surface area (Å²) in [5.74, 6) is -10.4. The number of Topliss-reactive ketones (excluding diaryl/α,β-unsaturated/α-hetero) is 3.